The predicted molar refractivity (Wildman–Crippen MR) is 83.3 cm³/mol. The van der Waals surface area contributed by atoms with Crippen molar-refractivity contribution in [2.75, 3.05) is 6.54 Å². The fraction of sp³-hybridized carbons (Fsp3) is 0.625. The highest BCUT2D eigenvalue weighted by Crippen LogP contribution is 2.41. The summed E-state index contributed by atoms with van der Waals surface area (Å²) < 4.78 is 0. The van der Waals surface area contributed by atoms with Crippen molar-refractivity contribution in [3.8, 4) is 0 Å². The molecule has 2 heterocycles. The van der Waals surface area contributed by atoms with Gasteiger partial charge >= 0.3 is 0 Å². The first kappa shape index (κ1) is 14.6. The number of nitrogens with one attached hydrogen (secondary N) is 2. The first-order valence-electron chi connectivity index (χ1n) is 7.81. The molecule has 1 atom stereocenters. The zero-order valence-corrected chi connectivity index (χ0v) is 13.0. The highest BCUT2D eigenvalue weighted by Gasteiger charge is 2.36. The molecule has 1 aliphatic heterocycles. The second-order valence-corrected chi connectivity index (χ2v) is 7.14. The van der Waals surface area contributed by atoms with Crippen LogP contribution < -0.4 is 10.6 Å². The molecule has 1 aliphatic carbocycles. The topological polar surface area (TPSA) is 58.2 Å². The summed E-state index contributed by atoms with van der Waals surface area (Å²) >= 11 is 1.79. The molecule has 0 spiro atoms. The van der Waals surface area contributed by atoms with Gasteiger partial charge in [0.2, 0.25) is 11.8 Å². The normalized spacial score (nSPS) is 24.6. The lowest BCUT2D eigenvalue weighted by Gasteiger charge is -2.37. The van der Waals surface area contributed by atoms with E-state index >= 15 is 0 Å². The summed E-state index contributed by atoms with van der Waals surface area (Å²) in [5.74, 6) is -0.0388. The average Bonchev–Trinajstić information content (AvgIpc) is 3.17. The highest BCUT2D eigenvalue weighted by atomic mass is 32.1. The van der Waals surface area contributed by atoms with E-state index in [2.05, 4.69) is 28.1 Å². The Bertz CT molecular complexity index is 506. The third-order valence-electron chi connectivity index (χ3n) is 4.77. The highest BCUT2D eigenvalue weighted by molar-refractivity contribution is 7.10. The van der Waals surface area contributed by atoms with Crippen molar-refractivity contribution in [1.29, 1.82) is 0 Å². The van der Waals surface area contributed by atoms with Gasteiger partial charge in [-0.2, -0.15) is 0 Å². The smallest absolute Gasteiger partial charge is 0.242 e. The Hall–Kier alpha value is -1.36. The molecule has 2 aliphatic rings. The Morgan fingerprint density at radius 2 is 2.19 bits per heavy atom. The maximum Gasteiger partial charge on any atom is 0.242 e. The van der Waals surface area contributed by atoms with Crippen molar-refractivity contribution in [1.82, 2.24) is 10.6 Å². The molecule has 114 valence electrons. The van der Waals surface area contributed by atoms with Gasteiger partial charge in [-0.25, -0.2) is 0 Å². The molecule has 1 aromatic heterocycles. The van der Waals surface area contributed by atoms with E-state index in [1.54, 1.807) is 11.3 Å². The first-order valence-corrected chi connectivity index (χ1v) is 8.69. The molecule has 5 heteroatoms. The van der Waals surface area contributed by atoms with Gasteiger partial charge in [-0.1, -0.05) is 25.3 Å². The van der Waals surface area contributed by atoms with Crippen LogP contribution in [0.15, 0.2) is 17.5 Å². The van der Waals surface area contributed by atoms with Gasteiger partial charge in [-0.05, 0) is 30.7 Å². The van der Waals surface area contributed by atoms with E-state index in [1.807, 2.05) is 0 Å². The van der Waals surface area contributed by atoms with Gasteiger partial charge < -0.3 is 10.6 Å². The van der Waals surface area contributed by atoms with E-state index in [0.717, 1.165) is 12.8 Å². The summed E-state index contributed by atoms with van der Waals surface area (Å²) in [4.78, 5) is 24.8. The Morgan fingerprint density at radius 3 is 2.81 bits per heavy atom. The van der Waals surface area contributed by atoms with Crippen LogP contribution in [0.25, 0.3) is 0 Å². The molecule has 2 fully saturated rings. The number of amides is 2. The second kappa shape index (κ2) is 6.18. The summed E-state index contributed by atoms with van der Waals surface area (Å²) in [6.45, 7) is 0.693. The van der Waals surface area contributed by atoms with Crippen LogP contribution >= 0.6 is 11.3 Å². The number of thiophene rings is 1. The van der Waals surface area contributed by atoms with Crippen molar-refractivity contribution >= 4 is 23.2 Å². The summed E-state index contributed by atoms with van der Waals surface area (Å²) in [6.07, 6.45) is 7.13. The van der Waals surface area contributed by atoms with Crippen LogP contribution in [0.5, 0.6) is 0 Å². The molecule has 2 amide bonds. The minimum absolute atomic E-state index is 0.0132. The molecule has 0 radical (unpaired) electrons. The molecule has 3 rings (SSSR count). The SMILES string of the molecule is O=C1CCC(C(=O)NCC2(c3cccs3)CCCCC2)N1. The van der Waals surface area contributed by atoms with Crippen molar-refractivity contribution in [2.24, 2.45) is 0 Å². The van der Waals surface area contributed by atoms with E-state index in [9.17, 15) is 9.59 Å². The van der Waals surface area contributed by atoms with Crippen LogP contribution in [-0.4, -0.2) is 24.4 Å². The fourth-order valence-corrected chi connectivity index (χ4v) is 4.50. The third-order valence-corrected chi connectivity index (χ3v) is 5.88. The van der Waals surface area contributed by atoms with Gasteiger partial charge in [0.1, 0.15) is 6.04 Å². The van der Waals surface area contributed by atoms with E-state index in [1.165, 1.54) is 24.1 Å². The van der Waals surface area contributed by atoms with Gasteiger partial charge in [0.25, 0.3) is 0 Å². The number of carbonyl (C=O) groups excluding carboxylic acids is 2. The number of hydrogen-bond acceptors (Lipinski definition) is 3. The van der Waals surface area contributed by atoms with E-state index in [-0.39, 0.29) is 23.3 Å². The maximum atomic E-state index is 12.2. The zero-order chi connectivity index (χ0) is 14.7. The Morgan fingerprint density at radius 1 is 1.38 bits per heavy atom. The van der Waals surface area contributed by atoms with Gasteiger partial charge in [-0.15, -0.1) is 11.3 Å². The summed E-state index contributed by atoms with van der Waals surface area (Å²) in [6, 6.07) is 3.95. The van der Waals surface area contributed by atoms with Crippen LogP contribution in [0.3, 0.4) is 0 Å². The molecule has 0 bridgehead atoms. The lowest BCUT2D eigenvalue weighted by atomic mass is 9.73. The number of hydrogen-bond donors (Lipinski definition) is 2. The number of carbonyl (C=O) groups is 2. The van der Waals surface area contributed by atoms with E-state index in [4.69, 9.17) is 0 Å². The molecule has 21 heavy (non-hydrogen) atoms. The second-order valence-electron chi connectivity index (χ2n) is 6.19. The number of rotatable bonds is 4. The fourth-order valence-electron chi connectivity index (χ4n) is 3.51. The van der Waals surface area contributed by atoms with Crippen LogP contribution in [0.1, 0.15) is 49.8 Å². The Balaban J connectivity index is 1.65. The lowest BCUT2D eigenvalue weighted by molar-refractivity contribution is -0.126. The lowest BCUT2D eigenvalue weighted by Crippen LogP contribution is -2.47. The Labute approximate surface area is 129 Å². The van der Waals surface area contributed by atoms with Crippen LogP contribution in [0.2, 0.25) is 0 Å². The van der Waals surface area contributed by atoms with Gasteiger partial charge in [0, 0.05) is 23.3 Å². The molecule has 1 saturated heterocycles. The van der Waals surface area contributed by atoms with Crippen molar-refractivity contribution in [3.05, 3.63) is 22.4 Å². The van der Waals surface area contributed by atoms with Gasteiger partial charge in [0.15, 0.2) is 0 Å². The minimum Gasteiger partial charge on any atom is -0.353 e. The first-order chi connectivity index (χ1) is 10.2. The van der Waals surface area contributed by atoms with Gasteiger partial charge in [0.05, 0.1) is 0 Å². The monoisotopic (exact) mass is 306 g/mol. The molecular weight excluding hydrogens is 284 g/mol. The quantitative estimate of drug-likeness (QED) is 0.897. The molecule has 1 unspecified atom stereocenters. The third kappa shape index (κ3) is 3.12. The molecule has 1 saturated carbocycles. The predicted octanol–water partition coefficient (Wildman–Crippen LogP) is 2.34. The van der Waals surface area contributed by atoms with Crippen molar-refractivity contribution in [3.63, 3.8) is 0 Å². The average molecular weight is 306 g/mol. The standard InChI is InChI=1S/C16H22N2O2S/c19-14-7-6-12(18-14)15(20)17-11-16(8-2-1-3-9-16)13-5-4-10-21-13/h4-5,10,12H,1-3,6-9,11H2,(H,17,20)(H,18,19). The van der Waals surface area contributed by atoms with E-state index in [0.29, 0.717) is 19.4 Å². The van der Waals surface area contributed by atoms with Gasteiger partial charge in [-0.3, -0.25) is 9.59 Å². The molecule has 0 aromatic carbocycles. The van der Waals surface area contributed by atoms with Crippen LogP contribution in [0.4, 0.5) is 0 Å². The zero-order valence-electron chi connectivity index (χ0n) is 12.2. The summed E-state index contributed by atoms with van der Waals surface area (Å²) in [7, 11) is 0. The molecular formula is C16H22N2O2S. The largest absolute Gasteiger partial charge is 0.353 e. The van der Waals surface area contributed by atoms with Crippen molar-refractivity contribution < 1.29 is 9.59 Å². The summed E-state index contributed by atoms with van der Waals surface area (Å²) in [5, 5.41) is 7.95. The Kier molecular flexibility index (Phi) is 4.29. The van der Waals surface area contributed by atoms with Crippen molar-refractivity contribution in [2.45, 2.75) is 56.4 Å². The summed E-state index contributed by atoms with van der Waals surface area (Å²) in [5.41, 5.74) is 0.102. The van der Waals surface area contributed by atoms with Crippen LogP contribution in [-0.2, 0) is 15.0 Å². The maximum absolute atomic E-state index is 12.2. The van der Waals surface area contributed by atoms with E-state index < -0.39 is 0 Å². The van der Waals surface area contributed by atoms with Crippen LogP contribution in [0, 0.1) is 0 Å². The molecule has 1 aromatic rings. The molecule has 2 N–H and O–H groups in total. The molecule has 4 nitrogen and oxygen atoms in total. The minimum atomic E-state index is -0.332.